The summed E-state index contributed by atoms with van der Waals surface area (Å²) >= 11 is -5.19. The van der Waals surface area contributed by atoms with Gasteiger partial charge in [0.1, 0.15) is 0 Å². The van der Waals surface area contributed by atoms with Crippen molar-refractivity contribution in [3.05, 3.63) is 91.7 Å². The summed E-state index contributed by atoms with van der Waals surface area (Å²) < 4.78 is 68.0. The average molecular weight is 743 g/mol. The number of halogens is 4. The van der Waals surface area contributed by atoms with Gasteiger partial charge in [0.2, 0.25) is 0 Å². The van der Waals surface area contributed by atoms with Gasteiger partial charge in [-0.05, 0) is 0 Å². The van der Waals surface area contributed by atoms with E-state index in [-0.39, 0.29) is 36.0 Å². The van der Waals surface area contributed by atoms with Gasteiger partial charge in [-0.1, -0.05) is 0 Å². The van der Waals surface area contributed by atoms with E-state index in [1.165, 1.54) is 12.1 Å². The Labute approximate surface area is 305 Å². The molecule has 4 nitrogen and oxygen atoms in total. The van der Waals surface area contributed by atoms with E-state index >= 15 is 17.6 Å². The molecule has 2 aliphatic rings. The van der Waals surface area contributed by atoms with Gasteiger partial charge in [-0.2, -0.15) is 0 Å². The van der Waals surface area contributed by atoms with Crippen molar-refractivity contribution in [2.75, 3.05) is 10.6 Å². The van der Waals surface area contributed by atoms with E-state index in [1.807, 2.05) is 39.8 Å². The fourth-order valence-electron chi connectivity index (χ4n) is 7.39. The summed E-state index contributed by atoms with van der Waals surface area (Å²) in [5.74, 6) is -4.71. The topological polar surface area (TPSA) is 58.2 Å². The Morgan fingerprint density at radius 1 is 0.647 bits per heavy atom. The number of rotatable bonds is 18. The molecule has 0 saturated heterocycles. The van der Waals surface area contributed by atoms with Crippen LogP contribution in [0.3, 0.4) is 0 Å². The molecule has 4 rings (SSSR count). The van der Waals surface area contributed by atoms with Gasteiger partial charge in [-0.3, -0.25) is 0 Å². The third kappa shape index (κ3) is 8.22. The van der Waals surface area contributed by atoms with Gasteiger partial charge >= 0.3 is 306 Å². The monoisotopic (exact) mass is 742 g/mol. The zero-order valence-corrected chi connectivity index (χ0v) is 32.6. The van der Waals surface area contributed by atoms with Gasteiger partial charge in [-0.15, -0.1) is 0 Å². The Hall–Kier alpha value is -3.23. The Morgan fingerprint density at radius 3 is 1.35 bits per heavy atom. The van der Waals surface area contributed by atoms with Crippen molar-refractivity contribution >= 4 is 30.9 Å². The molecule has 51 heavy (non-hydrogen) atoms. The summed E-state index contributed by atoms with van der Waals surface area (Å²) in [7, 11) is 0. The van der Waals surface area contributed by atoms with E-state index in [0.717, 1.165) is 50.7 Å². The van der Waals surface area contributed by atoms with Gasteiger partial charge in [-0.25, -0.2) is 0 Å². The summed E-state index contributed by atoms with van der Waals surface area (Å²) in [5.41, 5.74) is -2.04. The van der Waals surface area contributed by atoms with E-state index in [1.54, 1.807) is 24.3 Å². The van der Waals surface area contributed by atoms with Crippen LogP contribution < -0.4 is 18.4 Å². The van der Waals surface area contributed by atoms with Gasteiger partial charge in [0.05, 0.1) is 0 Å². The number of benzene rings is 2. The average Bonchev–Trinajstić information content (AvgIpc) is 3.86. The van der Waals surface area contributed by atoms with Crippen LogP contribution in [-0.2, 0) is 26.2 Å². The van der Waals surface area contributed by atoms with Gasteiger partial charge in [0.15, 0.2) is 0 Å². The molecule has 0 aromatic heterocycles. The van der Waals surface area contributed by atoms with Crippen LogP contribution in [0.25, 0.3) is 0 Å². The van der Waals surface area contributed by atoms with Crippen molar-refractivity contribution in [3.8, 4) is 0 Å². The van der Waals surface area contributed by atoms with E-state index in [2.05, 4.69) is 24.5 Å². The van der Waals surface area contributed by atoms with Crippen LogP contribution in [0.5, 0.6) is 0 Å². The predicted molar refractivity (Wildman–Crippen MR) is 198 cm³/mol. The van der Waals surface area contributed by atoms with Crippen molar-refractivity contribution < 1.29 is 43.7 Å². The molecule has 0 fully saturated rings. The Morgan fingerprint density at radius 2 is 1.04 bits per heavy atom. The van der Waals surface area contributed by atoms with Crippen LogP contribution in [0.15, 0.2) is 68.5 Å². The van der Waals surface area contributed by atoms with Gasteiger partial charge in [0, 0.05) is 0 Å². The first-order valence-electron chi connectivity index (χ1n) is 18.7. The minimum absolute atomic E-state index is 0.226. The molecule has 2 N–H and O–H groups in total. The number of carbonyl (C=O) groups excluding carboxylic acids is 2. The molecule has 0 saturated carbocycles. The molecule has 2 aromatic carbocycles. The molecule has 0 aliphatic heterocycles. The number of allylic oxidation sites excluding steroid dienone is 8. The molecule has 276 valence electrons. The second-order valence-electron chi connectivity index (χ2n) is 14.6. The number of hydrogen-bond donors (Lipinski definition) is 2. The quantitative estimate of drug-likeness (QED) is 0.0908. The molecule has 2 unspecified atom stereocenters. The third-order valence-corrected chi connectivity index (χ3v) is 19.2. The molecular formula is C42H54F4N2O2Ti. The standard InChI is InChI=1S/2C16H22F2NO.2C5H5.Ti/c2*1-4-6-7-10-16(3,5-2)15(20)19-14-9-8-12(17)11-13(14)18;2*1-2-4-5-3-1;/h2*8-9H,4-7,10H2,1-3H3,(H,19,20);2*1-3H,4H2;. The summed E-state index contributed by atoms with van der Waals surface area (Å²) in [5, 5.41) is 5.49. The number of unbranched alkanes of at least 4 members (excludes halogenated alkanes) is 4. The fraction of sp³-hybridized carbons (Fsp3) is 0.476. The molecule has 2 aliphatic carbocycles. The van der Waals surface area contributed by atoms with Crippen LogP contribution in [0, 0.1) is 34.1 Å². The van der Waals surface area contributed by atoms with Crippen LogP contribution >= 0.6 is 0 Å². The molecule has 0 heterocycles. The van der Waals surface area contributed by atoms with E-state index in [9.17, 15) is 9.59 Å². The zero-order chi connectivity index (χ0) is 37.4. The first-order valence-corrected chi connectivity index (χ1v) is 21.8. The Bertz CT molecular complexity index is 1610. The molecule has 2 amide bonds. The Kier molecular flexibility index (Phi) is 13.9. The summed E-state index contributed by atoms with van der Waals surface area (Å²) in [6.07, 6.45) is 18.8. The molecular weight excluding hydrogens is 688 g/mol. The first-order chi connectivity index (χ1) is 24.3. The van der Waals surface area contributed by atoms with E-state index in [4.69, 9.17) is 0 Å². The second-order valence-corrected chi connectivity index (χ2v) is 20.5. The van der Waals surface area contributed by atoms with E-state index < -0.39 is 58.4 Å². The van der Waals surface area contributed by atoms with Crippen molar-refractivity contribution in [2.24, 2.45) is 10.8 Å². The molecule has 0 spiro atoms. The number of anilines is 2. The maximum atomic E-state index is 17.3. The van der Waals surface area contributed by atoms with Gasteiger partial charge < -0.3 is 0 Å². The summed E-state index contributed by atoms with van der Waals surface area (Å²) in [6, 6.07) is 4.56. The molecule has 0 bridgehead atoms. The maximum absolute atomic E-state index is 17.3. The second kappa shape index (κ2) is 17.5. The number of carbonyl (C=O) groups is 2. The molecule has 0 radical (unpaired) electrons. The first kappa shape index (κ1) is 40.5. The minimum atomic E-state index is -5.19. The fourth-order valence-corrected chi connectivity index (χ4v) is 15.7. The van der Waals surface area contributed by atoms with Crippen molar-refractivity contribution in [1.29, 1.82) is 0 Å². The zero-order valence-electron chi connectivity index (χ0n) is 31.1. The molecule has 2 aromatic rings. The van der Waals surface area contributed by atoms with Crippen molar-refractivity contribution in [2.45, 2.75) is 119 Å². The van der Waals surface area contributed by atoms with Crippen LogP contribution in [0.2, 0.25) is 0 Å². The number of nitrogens with one attached hydrogen (secondary N) is 2. The number of hydrogen-bond acceptors (Lipinski definition) is 2. The molecule has 2 atom stereocenters. The third-order valence-electron chi connectivity index (χ3n) is 11.3. The SMILES string of the molecule is CCCCCC(C)(CC)C(=O)Nc1ccc(F)[c]([Ti]([C]2=CC=CC2)([C]2=CC=CC2)[c]2c(F)ccc(NC(=O)C(C)(CC)CCCCC)c2F)c1F. The normalized spacial score (nSPS) is 16.4. The van der Waals surface area contributed by atoms with Crippen molar-refractivity contribution in [3.63, 3.8) is 0 Å². The molecule has 9 heteroatoms. The van der Waals surface area contributed by atoms with E-state index in [0.29, 0.717) is 33.4 Å². The summed E-state index contributed by atoms with van der Waals surface area (Å²) in [4.78, 5) is 27.5. The van der Waals surface area contributed by atoms with Crippen LogP contribution in [-0.4, -0.2) is 11.8 Å². The number of amides is 2. The van der Waals surface area contributed by atoms with Crippen LogP contribution in [0.4, 0.5) is 28.9 Å². The van der Waals surface area contributed by atoms with Crippen molar-refractivity contribution in [1.82, 2.24) is 0 Å². The predicted octanol–water partition coefficient (Wildman–Crippen LogP) is 10.9. The summed E-state index contributed by atoms with van der Waals surface area (Å²) in [6.45, 7) is 11.6. The van der Waals surface area contributed by atoms with Gasteiger partial charge in [0.25, 0.3) is 0 Å². The van der Waals surface area contributed by atoms with Crippen LogP contribution in [0.1, 0.15) is 119 Å². The Balaban J connectivity index is 1.94.